The van der Waals surface area contributed by atoms with Gasteiger partial charge in [0.2, 0.25) is 0 Å². The molecule has 0 aliphatic carbocycles. The van der Waals surface area contributed by atoms with E-state index >= 15 is 0 Å². The van der Waals surface area contributed by atoms with Crippen molar-refractivity contribution in [2.45, 2.75) is 0 Å². The van der Waals surface area contributed by atoms with Crippen LogP contribution in [0.5, 0.6) is 0 Å². The van der Waals surface area contributed by atoms with Crippen molar-refractivity contribution in [1.82, 2.24) is 4.98 Å². The second kappa shape index (κ2) is 3.47. The van der Waals surface area contributed by atoms with Gasteiger partial charge in [0, 0.05) is 28.6 Å². The normalized spacial score (nSPS) is 11.6. The molecule has 3 heteroatoms. The van der Waals surface area contributed by atoms with Gasteiger partial charge in [0.25, 0.3) is 0 Å². The predicted molar refractivity (Wildman–Crippen MR) is 74.0 cm³/mol. The molecule has 0 fully saturated rings. The van der Waals surface area contributed by atoms with E-state index in [1.165, 1.54) is 0 Å². The van der Waals surface area contributed by atoms with Crippen LogP contribution in [0.25, 0.3) is 32.7 Å². The number of rotatable bonds is 0. The number of benzene rings is 2. The molecule has 0 amide bonds. The minimum Gasteiger partial charge on any atom is -0.454 e. The highest BCUT2D eigenvalue weighted by molar-refractivity contribution is 6.36. The Morgan fingerprint density at radius 1 is 0.889 bits per heavy atom. The fraction of sp³-hybridized carbons (Fsp3) is 0. The maximum atomic E-state index is 6.17. The van der Waals surface area contributed by atoms with Crippen molar-refractivity contribution in [1.29, 1.82) is 0 Å². The van der Waals surface area contributed by atoms with Crippen molar-refractivity contribution in [2.75, 3.05) is 0 Å². The summed E-state index contributed by atoms with van der Waals surface area (Å²) in [5.41, 5.74) is 1.59. The number of para-hydroxylation sites is 1. The molecule has 86 valence electrons. The molecule has 0 radical (unpaired) electrons. The highest BCUT2D eigenvalue weighted by atomic mass is 35.5. The van der Waals surface area contributed by atoms with Crippen LogP contribution in [0, 0.1) is 0 Å². The average molecular weight is 254 g/mol. The Morgan fingerprint density at radius 3 is 2.72 bits per heavy atom. The van der Waals surface area contributed by atoms with Crippen LogP contribution in [0.4, 0.5) is 0 Å². The van der Waals surface area contributed by atoms with Crippen molar-refractivity contribution in [3.63, 3.8) is 0 Å². The third-order valence-electron chi connectivity index (χ3n) is 3.23. The van der Waals surface area contributed by atoms with Gasteiger partial charge in [-0.25, -0.2) is 0 Å². The van der Waals surface area contributed by atoms with Crippen LogP contribution in [0.15, 0.2) is 53.2 Å². The van der Waals surface area contributed by atoms with Gasteiger partial charge in [-0.2, -0.15) is 0 Å². The molecule has 4 aromatic rings. The summed E-state index contributed by atoms with van der Waals surface area (Å²) in [6.45, 7) is 0. The van der Waals surface area contributed by atoms with Crippen molar-refractivity contribution >= 4 is 44.3 Å². The number of nitrogens with zero attached hydrogens (tertiary/aromatic N) is 1. The third kappa shape index (κ3) is 1.21. The van der Waals surface area contributed by atoms with Gasteiger partial charge in [-0.1, -0.05) is 29.8 Å². The zero-order valence-electron chi connectivity index (χ0n) is 9.35. The Hall–Kier alpha value is -2.06. The van der Waals surface area contributed by atoms with Crippen LogP contribution in [0.3, 0.4) is 0 Å². The van der Waals surface area contributed by atoms with Crippen molar-refractivity contribution in [2.24, 2.45) is 0 Å². The molecule has 2 heterocycles. The molecule has 2 aromatic carbocycles. The molecule has 2 aromatic heterocycles. The summed E-state index contributed by atoms with van der Waals surface area (Å²) in [6, 6.07) is 11.9. The predicted octanol–water partition coefficient (Wildman–Crippen LogP) is 4.79. The lowest BCUT2D eigenvalue weighted by Gasteiger charge is -1.96. The summed E-state index contributed by atoms with van der Waals surface area (Å²) < 4.78 is 5.92. The number of aromatic nitrogens is 1. The summed E-state index contributed by atoms with van der Waals surface area (Å²) >= 11 is 6.17. The van der Waals surface area contributed by atoms with Crippen molar-refractivity contribution in [3.05, 3.63) is 53.8 Å². The number of pyridine rings is 1. The van der Waals surface area contributed by atoms with Gasteiger partial charge in [-0.3, -0.25) is 4.98 Å². The summed E-state index contributed by atoms with van der Waals surface area (Å²) in [6.07, 6.45) is 3.61. The maximum absolute atomic E-state index is 6.17. The Morgan fingerprint density at radius 2 is 1.78 bits per heavy atom. The Bertz CT molecular complexity index is 895. The van der Waals surface area contributed by atoms with E-state index < -0.39 is 0 Å². The van der Waals surface area contributed by atoms with E-state index in [9.17, 15) is 0 Å². The lowest BCUT2D eigenvalue weighted by Crippen LogP contribution is -1.75. The molecular formula is C15H8ClNO. The topological polar surface area (TPSA) is 26.0 Å². The summed E-state index contributed by atoms with van der Waals surface area (Å²) in [7, 11) is 0. The molecular weight excluding hydrogens is 246 g/mol. The van der Waals surface area contributed by atoms with Gasteiger partial charge in [-0.05, 0) is 23.6 Å². The second-order valence-corrected chi connectivity index (χ2v) is 4.66. The average Bonchev–Trinajstić information content (AvgIpc) is 2.79. The number of halogens is 1. The smallest absolute Gasteiger partial charge is 0.154 e. The number of hydrogen-bond acceptors (Lipinski definition) is 2. The first-order valence-electron chi connectivity index (χ1n) is 5.68. The minimum atomic E-state index is 0.640. The summed E-state index contributed by atoms with van der Waals surface area (Å²) in [4.78, 5) is 4.16. The van der Waals surface area contributed by atoms with Crippen LogP contribution in [0.1, 0.15) is 0 Å². The Kier molecular flexibility index (Phi) is 1.91. The lowest BCUT2D eigenvalue weighted by atomic mass is 10.1. The van der Waals surface area contributed by atoms with E-state index in [1.54, 1.807) is 6.20 Å². The third-order valence-corrected chi connectivity index (χ3v) is 3.53. The monoisotopic (exact) mass is 253 g/mol. The molecule has 0 spiro atoms. The van der Waals surface area contributed by atoms with E-state index in [0.29, 0.717) is 5.02 Å². The van der Waals surface area contributed by atoms with E-state index in [2.05, 4.69) is 17.1 Å². The quantitative estimate of drug-likeness (QED) is 0.450. The maximum Gasteiger partial charge on any atom is 0.154 e. The first kappa shape index (κ1) is 9.92. The standard InChI is InChI=1S/C15H8ClNO/c16-13-3-1-2-10-11-5-4-9-6-7-17-8-12(9)14(11)18-15(10)13/h1-8H. The van der Waals surface area contributed by atoms with Crippen LogP contribution < -0.4 is 0 Å². The molecule has 0 bridgehead atoms. The second-order valence-electron chi connectivity index (χ2n) is 4.26. The Labute approximate surface area is 108 Å². The number of furan rings is 1. The largest absolute Gasteiger partial charge is 0.454 e. The molecule has 0 aliphatic heterocycles. The van der Waals surface area contributed by atoms with Crippen LogP contribution in [-0.2, 0) is 0 Å². The van der Waals surface area contributed by atoms with Crippen LogP contribution in [0.2, 0.25) is 5.02 Å². The highest BCUT2D eigenvalue weighted by Gasteiger charge is 2.11. The highest BCUT2D eigenvalue weighted by Crippen LogP contribution is 2.36. The fourth-order valence-electron chi connectivity index (χ4n) is 2.38. The van der Waals surface area contributed by atoms with Gasteiger partial charge < -0.3 is 4.42 Å². The van der Waals surface area contributed by atoms with E-state index in [4.69, 9.17) is 16.0 Å². The zero-order valence-corrected chi connectivity index (χ0v) is 10.1. The molecule has 0 aliphatic rings. The summed E-state index contributed by atoms with van der Waals surface area (Å²) in [5.74, 6) is 0. The zero-order chi connectivity index (χ0) is 12.1. The van der Waals surface area contributed by atoms with Crippen molar-refractivity contribution in [3.8, 4) is 0 Å². The van der Waals surface area contributed by atoms with Gasteiger partial charge in [0.1, 0.15) is 5.58 Å². The van der Waals surface area contributed by atoms with Crippen LogP contribution >= 0.6 is 11.6 Å². The molecule has 2 nitrogen and oxygen atoms in total. The van der Waals surface area contributed by atoms with Crippen molar-refractivity contribution < 1.29 is 4.42 Å². The van der Waals surface area contributed by atoms with E-state index in [-0.39, 0.29) is 0 Å². The van der Waals surface area contributed by atoms with Crippen LogP contribution in [-0.4, -0.2) is 4.98 Å². The first-order valence-corrected chi connectivity index (χ1v) is 6.06. The molecule has 0 atom stereocenters. The fourth-order valence-corrected chi connectivity index (χ4v) is 2.60. The van der Waals surface area contributed by atoms with E-state index in [1.807, 2.05) is 30.5 Å². The molecule has 0 saturated heterocycles. The minimum absolute atomic E-state index is 0.640. The molecule has 0 saturated carbocycles. The molecule has 18 heavy (non-hydrogen) atoms. The van der Waals surface area contributed by atoms with Gasteiger partial charge >= 0.3 is 0 Å². The van der Waals surface area contributed by atoms with Gasteiger partial charge in [0.15, 0.2) is 5.58 Å². The lowest BCUT2D eigenvalue weighted by molar-refractivity contribution is 0.672. The first-order chi connectivity index (χ1) is 8.84. The molecule has 4 rings (SSSR count). The number of hydrogen-bond donors (Lipinski definition) is 0. The molecule has 0 N–H and O–H groups in total. The number of fused-ring (bicyclic) bond motifs is 5. The van der Waals surface area contributed by atoms with Gasteiger partial charge in [-0.15, -0.1) is 0 Å². The Balaban J connectivity index is 2.33. The van der Waals surface area contributed by atoms with Gasteiger partial charge in [0.05, 0.1) is 5.02 Å². The summed E-state index contributed by atoms with van der Waals surface area (Å²) in [5, 5.41) is 4.90. The molecule has 0 unspecified atom stereocenters. The van der Waals surface area contributed by atoms with E-state index in [0.717, 1.165) is 32.7 Å². The SMILES string of the molecule is Clc1cccc2c1oc1c3cnccc3ccc21.